The lowest BCUT2D eigenvalue weighted by Crippen LogP contribution is -2.07. The maximum absolute atomic E-state index is 12.0. The van der Waals surface area contributed by atoms with Gasteiger partial charge in [-0.05, 0) is 60.2 Å². The summed E-state index contributed by atoms with van der Waals surface area (Å²) in [6, 6.07) is 23.9. The summed E-state index contributed by atoms with van der Waals surface area (Å²) < 4.78 is 0. The topological polar surface area (TPSA) is 53.8 Å². The fraction of sp³-hybridized carbons (Fsp3) is 0. The molecule has 0 saturated carbocycles. The van der Waals surface area contributed by atoms with Crippen LogP contribution < -0.4 is 5.32 Å². The van der Waals surface area contributed by atoms with Crippen molar-refractivity contribution in [2.75, 3.05) is 5.32 Å². The second-order valence-electron chi connectivity index (χ2n) is 5.46. The Morgan fingerprint density at radius 3 is 2.23 bits per heavy atom. The summed E-state index contributed by atoms with van der Waals surface area (Å²) in [7, 11) is 0. The first-order valence-electron chi connectivity index (χ1n) is 8.00. The van der Waals surface area contributed by atoms with Gasteiger partial charge in [-0.2, -0.15) is 10.2 Å². The Hall–Kier alpha value is -3.24. The molecule has 0 spiro atoms. The van der Waals surface area contributed by atoms with Gasteiger partial charge in [0, 0.05) is 16.8 Å². The Kier molecular flexibility index (Phi) is 5.91. The molecule has 5 heteroatoms. The zero-order valence-corrected chi connectivity index (χ0v) is 14.6. The number of nitrogens with zero attached hydrogens (tertiary/aromatic N) is 2. The predicted octanol–water partition coefficient (Wildman–Crippen LogP) is 6.41. The number of hydrogen-bond acceptors (Lipinski definition) is 3. The maximum atomic E-state index is 12.0. The van der Waals surface area contributed by atoms with Crippen LogP contribution in [0.2, 0.25) is 5.02 Å². The van der Waals surface area contributed by atoms with E-state index in [9.17, 15) is 4.79 Å². The number of rotatable bonds is 5. The van der Waals surface area contributed by atoms with E-state index in [4.69, 9.17) is 11.6 Å². The van der Waals surface area contributed by atoms with Gasteiger partial charge < -0.3 is 5.32 Å². The molecule has 0 unspecified atom stereocenters. The highest BCUT2D eigenvalue weighted by atomic mass is 35.5. The normalized spacial score (nSPS) is 11.1. The number of azo groups is 1. The average molecular weight is 362 g/mol. The van der Waals surface area contributed by atoms with Gasteiger partial charge in [-0.15, -0.1) is 0 Å². The van der Waals surface area contributed by atoms with E-state index in [0.717, 1.165) is 11.3 Å². The van der Waals surface area contributed by atoms with Crippen molar-refractivity contribution in [3.05, 3.63) is 95.5 Å². The zero-order valence-electron chi connectivity index (χ0n) is 13.8. The Morgan fingerprint density at radius 2 is 1.54 bits per heavy atom. The largest absolute Gasteiger partial charge is 0.323 e. The summed E-state index contributed by atoms with van der Waals surface area (Å²) in [5, 5.41) is 11.7. The van der Waals surface area contributed by atoms with Crippen molar-refractivity contribution in [2.45, 2.75) is 0 Å². The highest BCUT2D eigenvalue weighted by molar-refractivity contribution is 6.30. The highest BCUT2D eigenvalue weighted by Gasteiger charge is 1.99. The average Bonchev–Trinajstić information content (AvgIpc) is 2.67. The molecule has 26 heavy (non-hydrogen) atoms. The second kappa shape index (κ2) is 8.74. The Bertz CT molecular complexity index is 935. The standard InChI is InChI=1S/C21H16ClN3O/c22-17-6-4-5-16(15-17)9-14-21(26)23-18-10-12-20(13-11-18)25-24-19-7-2-1-3-8-19/h1-15H,(H,23,26). The van der Waals surface area contributed by atoms with Crippen LogP contribution in [0.25, 0.3) is 6.08 Å². The maximum Gasteiger partial charge on any atom is 0.248 e. The lowest BCUT2D eigenvalue weighted by molar-refractivity contribution is -0.111. The molecule has 0 aliphatic rings. The van der Waals surface area contributed by atoms with Crippen LogP contribution in [0.15, 0.2) is 95.2 Å². The molecular weight excluding hydrogens is 346 g/mol. The monoisotopic (exact) mass is 361 g/mol. The van der Waals surface area contributed by atoms with E-state index in [-0.39, 0.29) is 5.91 Å². The number of halogens is 1. The van der Waals surface area contributed by atoms with E-state index in [2.05, 4.69) is 15.5 Å². The Morgan fingerprint density at radius 1 is 0.846 bits per heavy atom. The molecule has 3 rings (SSSR count). The third-order valence-electron chi connectivity index (χ3n) is 3.45. The molecule has 0 aliphatic carbocycles. The van der Waals surface area contributed by atoms with Crippen molar-refractivity contribution in [2.24, 2.45) is 10.2 Å². The van der Waals surface area contributed by atoms with E-state index in [1.165, 1.54) is 6.08 Å². The van der Waals surface area contributed by atoms with Crippen LogP contribution >= 0.6 is 11.6 Å². The van der Waals surface area contributed by atoms with Gasteiger partial charge in [-0.1, -0.05) is 41.9 Å². The fourth-order valence-electron chi connectivity index (χ4n) is 2.19. The molecule has 3 aromatic carbocycles. The minimum Gasteiger partial charge on any atom is -0.323 e. The van der Waals surface area contributed by atoms with Crippen molar-refractivity contribution in [1.82, 2.24) is 0 Å². The van der Waals surface area contributed by atoms with Gasteiger partial charge in [0.05, 0.1) is 11.4 Å². The first kappa shape index (κ1) is 17.6. The minimum atomic E-state index is -0.219. The van der Waals surface area contributed by atoms with E-state index in [1.54, 1.807) is 42.5 Å². The number of benzene rings is 3. The van der Waals surface area contributed by atoms with Crippen LogP contribution in [-0.2, 0) is 4.79 Å². The second-order valence-corrected chi connectivity index (χ2v) is 5.90. The van der Waals surface area contributed by atoms with Gasteiger partial charge in [0.25, 0.3) is 0 Å². The smallest absolute Gasteiger partial charge is 0.248 e. The number of nitrogens with one attached hydrogen (secondary N) is 1. The number of carbonyl (C=O) groups excluding carboxylic acids is 1. The first-order chi connectivity index (χ1) is 12.7. The van der Waals surface area contributed by atoms with Gasteiger partial charge in [-0.25, -0.2) is 0 Å². The van der Waals surface area contributed by atoms with Crippen molar-refractivity contribution in [1.29, 1.82) is 0 Å². The first-order valence-corrected chi connectivity index (χ1v) is 8.38. The van der Waals surface area contributed by atoms with Crippen LogP contribution in [0.4, 0.5) is 17.1 Å². The van der Waals surface area contributed by atoms with Crippen LogP contribution in [0.5, 0.6) is 0 Å². The van der Waals surface area contributed by atoms with E-state index in [0.29, 0.717) is 16.4 Å². The number of anilines is 1. The van der Waals surface area contributed by atoms with Gasteiger partial charge >= 0.3 is 0 Å². The predicted molar refractivity (Wildman–Crippen MR) is 106 cm³/mol. The SMILES string of the molecule is O=C(C=Cc1cccc(Cl)c1)Nc1ccc(N=Nc2ccccc2)cc1. The van der Waals surface area contributed by atoms with Gasteiger partial charge in [0.2, 0.25) is 5.91 Å². The molecule has 128 valence electrons. The zero-order chi connectivity index (χ0) is 18.2. The number of hydrogen-bond donors (Lipinski definition) is 1. The molecule has 0 radical (unpaired) electrons. The molecule has 1 amide bonds. The van der Waals surface area contributed by atoms with E-state index >= 15 is 0 Å². The molecule has 3 aromatic rings. The lowest BCUT2D eigenvalue weighted by atomic mass is 10.2. The lowest BCUT2D eigenvalue weighted by Gasteiger charge is -2.02. The van der Waals surface area contributed by atoms with Crippen LogP contribution in [0.1, 0.15) is 5.56 Å². The highest BCUT2D eigenvalue weighted by Crippen LogP contribution is 2.20. The molecule has 0 aromatic heterocycles. The van der Waals surface area contributed by atoms with Crippen molar-refractivity contribution in [3.63, 3.8) is 0 Å². The summed E-state index contributed by atoms with van der Waals surface area (Å²) in [4.78, 5) is 12.0. The molecule has 0 fully saturated rings. The molecule has 0 heterocycles. The van der Waals surface area contributed by atoms with Gasteiger partial charge in [0.15, 0.2) is 0 Å². The molecular formula is C21H16ClN3O. The van der Waals surface area contributed by atoms with Crippen molar-refractivity contribution in [3.8, 4) is 0 Å². The molecule has 0 aliphatic heterocycles. The van der Waals surface area contributed by atoms with Crippen LogP contribution in [0, 0.1) is 0 Å². The van der Waals surface area contributed by atoms with Crippen molar-refractivity contribution >= 4 is 40.6 Å². The van der Waals surface area contributed by atoms with Crippen LogP contribution in [-0.4, -0.2) is 5.91 Å². The fourth-order valence-corrected chi connectivity index (χ4v) is 2.39. The molecule has 0 saturated heterocycles. The molecule has 4 nitrogen and oxygen atoms in total. The molecule has 0 bridgehead atoms. The Labute approximate surface area is 156 Å². The van der Waals surface area contributed by atoms with E-state index in [1.807, 2.05) is 42.5 Å². The Balaban J connectivity index is 1.58. The van der Waals surface area contributed by atoms with Crippen LogP contribution in [0.3, 0.4) is 0 Å². The minimum absolute atomic E-state index is 0.219. The summed E-state index contributed by atoms with van der Waals surface area (Å²) in [5.41, 5.74) is 3.05. The van der Waals surface area contributed by atoms with E-state index < -0.39 is 0 Å². The summed E-state index contributed by atoms with van der Waals surface area (Å²) in [6.45, 7) is 0. The summed E-state index contributed by atoms with van der Waals surface area (Å²) in [6.07, 6.45) is 3.18. The quantitative estimate of drug-likeness (QED) is 0.414. The summed E-state index contributed by atoms with van der Waals surface area (Å²) in [5.74, 6) is -0.219. The molecule has 1 N–H and O–H groups in total. The third kappa shape index (κ3) is 5.40. The van der Waals surface area contributed by atoms with Gasteiger partial charge in [0.1, 0.15) is 0 Å². The van der Waals surface area contributed by atoms with Gasteiger partial charge in [-0.3, -0.25) is 4.79 Å². The molecule has 0 atom stereocenters. The third-order valence-corrected chi connectivity index (χ3v) is 3.68. The number of carbonyl (C=O) groups is 1. The van der Waals surface area contributed by atoms with Crippen molar-refractivity contribution < 1.29 is 4.79 Å². The number of amides is 1. The summed E-state index contributed by atoms with van der Waals surface area (Å²) >= 11 is 5.92.